The normalized spacial score (nSPS) is 11.4. The molecule has 5 nitrogen and oxygen atoms in total. The van der Waals surface area contributed by atoms with E-state index in [0.29, 0.717) is 5.75 Å². The van der Waals surface area contributed by atoms with E-state index in [4.69, 9.17) is 9.47 Å². The largest absolute Gasteiger partial charge is 0.497 e. The molecule has 1 heterocycles. The number of rotatable bonds is 4. The topological polar surface area (TPSA) is 68.7 Å². The van der Waals surface area contributed by atoms with E-state index in [1.54, 1.807) is 0 Å². The average Bonchev–Trinajstić information content (AvgIpc) is 2.65. The number of aromatic carboxylic acids is 1. The molecule has 1 N–H and O–H groups in total. The summed E-state index contributed by atoms with van der Waals surface area (Å²) in [6.45, 7) is 0. The Labute approximate surface area is 152 Å². The highest BCUT2D eigenvalue weighted by Gasteiger charge is 2.34. The zero-order valence-electron chi connectivity index (χ0n) is 14.3. The van der Waals surface area contributed by atoms with Crippen LogP contribution in [0.5, 0.6) is 11.5 Å². The van der Waals surface area contributed by atoms with Gasteiger partial charge in [0.1, 0.15) is 11.5 Å². The van der Waals surface area contributed by atoms with Crippen LogP contribution in [-0.2, 0) is 6.18 Å². The Hall–Kier alpha value is -3.29. The number of pyridine rings is 1. The summed E-state index contributed by atoms with van der Waals surface area (Å²) in [5.74, 6) is -0.772. The first-order chi connectivity index (χ1) is 12.8. The van der Waals surface area contributed by atoms with Gasteiger partial charge in [-0.3, -0.25) is 0 Å². The molecule has 3 rings (SSSR count). The lowest BCUT2D eigenvalue weighted by Gasteiger charge is -2.15. The van der Waals surface area contributed by atoms with E-state index in [1.807, 2.05) is 0 Å². The number of hydrogen-bond donors (Lipinski definition) is 1. The molecule has 0 atom stereocenters. The summed E-state index contributed by atoms with van der Waals surface area (Å²) in [4.78, 5) is 16.0. The van der Waals surface area contributed by atoms with E-state index in [2.05, 4.69) is 4.98 Å². The molecular formula is C19H14F3NO4. The van der Waals surface area contributed by atoms with Gasteiger partial charge in [-0.2, -0.15) is 13.2 Å². The number of carboxylic acids is 1. The summed E-state index contributed by atoms with van der Waals surface area (Å²) >= 11 is 0. The molecule has 140 valence electrons. The minimum Gasteiger partial charge on any atom is -0.497 e. The number of halogens is 3. The lowest BCUT2D eigenvalue weighted by atomic mass is 9.99. The standard InChI is InChI=1S/C19H14F3NO4/c1-26-10-7-15-17(16(8-10)27-2)12(18(24)25)9-14(23-15)11-5-3-4-6-13(11)19(20,21)22/h3-9H,1-2H3,(H,24,25). The first kappa shape index (κ1) is 18.5. The highest BCUT2D eigenvalue weighted by atomic mass is 19.4. The Morgan fingerprint density at radius 3 is 2.37 bits per heavy atom. The summed E-state index contributed by atoms with van der Waals surface area (Å²) < 4.78 is 50.4. The maximum atomic E-state index is 13.4. The Morgan fingerprint density at radius 1 is 1.07 bits per heavy atom. The predicted molar refractivity (Wildman–Crippen MR) is 92.2 cm³/mol. The lowest BCUT2D eigenvalue weighted by Crippen LogP contribution is -2.08. The van der Waals surface area contributed by atoms with Gasteiger partial charge in [-0.15, -0.1) is 0 Å². The molecule has 8 heteroatoms. The second kappa shape index (κ2) is 6.79. The van der Waals surface area contributed by atoms with Gasteiger partial charge in [0.25, 0.3) is 0 Å². The molecule has 0 aliphatic rings. The molecule has 0 spiro atoms. The number of aromatic nitrogens is 1. The van der Waals surface area contributed by atoms with Crippen molar-refractivity contribution in [3.05, 3.63) is 53.6 Å². The van der Waals surface area contributed by atoms with E-state index in [1.165, 1.54) is 44.6 Å². The minimum absolute atomic E-state index is 0.108. The number of alkyl halides is 3. The predicted octanol–water partition coefficient (Wildman–Crippen LogP) is 4.64. The van der Waals surface area contributed by atoms with Gasteiger partial charge >= 0.3 is 12.1 Å². The first-order valence-corrected chi connectivity index (χ1v) is 7.73. The fourth-order valence-electron chi connectivity index (χ4n) is 2.85. The van der Waals surface area contributed by atoms with Gasteiger partial charge in [0.15, 0.2) is 0 Å². The van der Waals surface area contributed by atoms with Gasteiger partial charge in [-0.05, 0) is 12.1 Å². The summed E-state index contributed by atoms with van der Waals surface area (Å²) in [6, 6.07) is 8.92. The molecule has 27 heavy (non-hydrogen) atoms. The number of carbonyl (C=O) groups is 1. The maximum Gasteiger partial charge on any atom is 0.417 e. The van der Waals surface area contributed by atoms with Crippen LogP contribution in [-0.4, -0.2) is 30.3 Å². The van der Waals surface area contributed by atoms with Gasteiger partial charge in [0.05, 0.1) is 41.9 Å². The molecule has 0 unspecified atom stereocenters. The van der Waals surface area contributed by atoms with Gasteiger partial charge in [-0.1, -0.05) is 18.2 Å². The molecule has 0 radical (unpaired) electrons. The van der Waals surface area contributed by atoms with Crippen molar-refractivity contribution in [1.29, 1.82) is 0 Å². The van der Waals surface area contributed by atoms with Crippen molar-refractivity contribution < 1.29 is 32.5 Å². The van der Waals surface area contributed by atoms with Crippen molar-refractivity contribution >= 4 is 16.9 Å². The molecule has 0 fully saturated rings. The molecule has 1 aromatic heterocycles. The van der Waals surface area contributed by atoms with Crippen LogP contribution >= 0.6 is 0 Å². The van der Waals surface area contributed by atoms with Gasteiger partial charge in [0, 0.05) is 17.7 Å². The minimum atomic E-state index is -4.61. The second-order valence-corrected chi connectivity index (χ2v) is 5.63. The quantitative estimate of drug-likeness (QED) is 0.718. The molecule has 0 amide bonds. The summed E-state index contributed by atoms with van der Waals surface area (Å²) in [6.07, 6.45) is -4.61. The van der Waals surface area contributed by atoms with Crippen LogP contribution in [0.2, 0.25) is 0 Å². The van der Waals surface area contributed by atoms with E-state index >= 15 is 0 Å². The van der Waals surface area contributed by atoms with Crippen LogP contribution in [0.3, 0.4) is 0 Å². The van der Waals surface area contributed by atoms with Crippen molar-refractivity contribution in [1.82, 2.24) is 4.98 Å². The monoisotopic (exact) mass is 377 g/mol. The van der Waals surface area contributed by atoms with Crippen molar-refractivity contribution in [2.24, 2.45) is 0 Å². The zero-order valence-corrected chi connectivity index (χ0v) is 14.3. The molecule has 0 aliphatic carbocycles. The van der Waals surface area contributed by atoms with Gasteiger partial charge in [0.2, 0.25) is 0 Å². The lowest BCUT2D eigenvalue weighted by molar-refractivity contribution is -0.137. The Bertz CT molecular complexity index is 1030. The van der Waals surface area contributed by atoms with E-state index in [-0.39, 0.29) is 33.5 Å². The van der Waals surface area contributed by atoms with Crippen molar-refractivity contribution in [3.63, 3.8) is 0 Å². The molecule has 2 aromatic carbocycles. The third-order valence-electron chi connectivity index (χ3n) is 4.04. The van der Waals surface area contributed by atoms with Crippen molar-refractivity contribution in [2.75, 3.05) is 14.2 Å². The summed E-state index contributed by atoms with van der Waals surface area (Å²) in [5.41, 5.74) is -1.29. The number of fused-ring (bicyclic) bond motifs is 1. The van der Waals surface area contributed by atoms with Crippen LogP contribution in [0, 0.1) is 0 Å². The third kappa shape index (κ3) is 3.38. The summed E-state index contributed by atoms with van der Waals surface area (Å²) in [5, 5.41) is 9.77. The Kier molecular flexibility index (Phi) is 4.65. The Morgan fingerprint density at radius 2 is 1.78 bits per heavy atom. The van der Waals surface area contributed by atoms with Crippen molar-refractivity contribution in [3.8, 4) is 22.8 Å². The van der Waals surface area contributed by atoms with E-state index in [9.17, 15) is 23.1 Å². The SMILES string of the molecule is COc1cc(OC)c2c(C(=O)O)cc(-c3ccccc3C(F)(F)F)nc2c1. The molecule has 0 saturated carbocycles. The number of nitrogens with zero attached hydrogens (tertiary/aromatic N) is 1. The van der Waals surface area contributed by atoms with Crippen LogP contribution in [0.4, 0.5) is 13.2 Å². The smallest absolute Gasteiger partial charge is 0.417 e. The van der Waals surface area contributed by atoms with Crippen LogP contribution in [0.25, 0.3) is 22.2 Å². The molecule has 0 saturated heterocycles. The van der Waals surface area contributed by atoms with Crippen LogP contribution in [0.1, 0.15) is 15.9 Å². The highest BCUT2D eigenvalue weighted by Crippen LogP contribution is 2.39. The molecule has 0 bridgehead atoms. The fraction of sp³-hybridized carbons (Fsp3) is 0.158. The zero-order chi connectivity index (χ0) is 19.8. The number of benzene rings is 2. The number of carboxylic acid groups (broad SMARTS) is 1. The van der Waals surface area contributed by atoms with E-state index in [0.717, 1.165) is 12.1 Å². The van der Waals surface area contributed by atoms with Gasteiger partial charge < -0.3 is 14.6 Å². The van der Waals surface area contributed by atoms with Crippen molar-refractivity contribution in [2.45, 2.75) is 6.18 Å². The average molecular weight is 377 g/mol. The first-order valence-electron chi connectivity index (χ1n) is 7.73. The van der Waals surface area contributed by atoms with E-state index < -0.39 is 17.7 Å². The number of methoxy groups -OCH3 is 2. The third-order valence-corrected chi connectivity index (χ3v) is 4.04. The number of ether oxygens (including phenoxy) is 2. The van der Waals surface area contributed by atoms with Crippen LogP contribution < -0.4 is 9.47 Å². The summed E-state index contributed by atoms with van der Waals surface area (Å²) in [7, 11) is 2.76. The van der Waals surface area contributed by atoms with Gasteiger partial charge in [-0.25, -0.2) is 9.78 Å². The highest BCUT2D eigenvalue weighted by molar-refractivity contribution is 6.07. The second-order valence-electron chi connectivity index (χ2n) is 5.63. The molecule has 0 aliphatic heterocycles. The maximum absolute atomic E-state index is 13.4. The molecular weight excluding hydrogens is 363 g/mol. The van der Waals surface area contributed by atoms with Crippen LogP contribution in [0.15, 0.2) is 42.5 Å². The number of hydrogen-bond acceptors (Lipinski definition) is 4. The Balaban J connectivity index is 2.39. The fourth-order valence-corrected chi connectivity index (χ4v) is 2.85. The molecule has 3 aromatic rings.